The summed E-state index contributed by atoms with van der Waals surface area (Å²) in [5.74, 6) is 0.998. The molecule has 3 N–H and O–H groups in total. The van der Waals surface area contributed by atoms with Crippen molar-refractivity contribution in [3.8, 4) is 0 Å². The summed E-state index contributed by atoms with van der Waals surface area (Å²) in [6.07, 6.45) is 5.77. The van der Waals surface area contributed by atoms with Gasteiger partial charge in [0.05, 0.1) is 6.26 Å². The lowest BCUT2D eigenvalue weighted by Gasteiger charge is -2.27. The Bertz CT molecular complexity index is 731. The van der Waals surface area contributed by atoms with E-state index in [0.717, 1.165) is 37.6 Å². The normalized spacial score (nSPS) is 23.0. The van der Waals surface area contributed by atoms with Crippen LogP contribution in [0.3, 0.4) is 0 Å². The van der Waals surface area contributed by atoms with E-state index >= 15 is 0 Å². The Kier molecular flexibility index (Phi) is 4.52. The van der Waals surface area contributed by atoms with Gasteiger partial charge in [0.25, 0.3) is 0 Å². The molecule has 1 aliphatic rings. The Morgan fingerprint density at radius 1 is 1.14 bits per heavy atom. The molecule has 0 amide bonds. The fourth-order valence-electron chi connectivity index (χ4n) is 3.15. The zero-order chi connectivity index (χ0) is 15.6. The van der Waals surface area contributed by atoms with Crippen molar-refractivity contribution in [2.75, 3.05) is 13.1 Å². The first-order valence-corrected chi connectivity index (χ1v) is 9.24. The monoisotopic (exact) mass is 322 g/mol. The molecule has 0 saturated heterocycles. The minimum absolute atomic E-state index is 0.214. The van der Waals surface area contributed by atoms with Crippen LogP contribution in [0.5, 0.6) is 0 Å². The zero-order valence-corrected chi connectivity index (χ0v) is 13.3. The van der Waals surface area contributed by atoms with Crippen molar-refractivity contribution < 1.29 is 12.8 Å². The highest BCUT2D eigenvalue weighted by atomic mass is 32.2. The molecule has 3 rings (SSSR count). The van der Waals surface area contributed by atoms with Crippen LogP contribution >= 0.6 is 0 Å². The third kappa shape index (κ3) is 3.19. The van der Waals surface area contributed by atoms with E-state index in [2.05, 4.69) is 4.72 Å². The van der Waals surface area contributed by atoms with Crippen molar-refractivity contribution in [2.24, 2.45) is 17.6 Å². The molecule has 0 radical (unpaired) electrons. The highest BCUT2D eigenvalue weighted by Crippen LogP contribution is 2.28. The Morgan fingerprint density at radius 2 is 1.86 bits per heavy atom. The van der Waals surface area contributed by atoms with Gasteiger partial charge in [-0.3, -0.25) is 0 Å². The molecule has 6 heteroatoms. The van der Waals surface area contributed by atoms with Gasteiger partial charge in [0, 0.05) is 11.9 Å². The van der Waals surface area contributed by atoms with Crippen molar-refractivity contribution in [3.63, 3.8) is 0 Å². The van der Waals surface area contributed by atoms with Crippen molar-refractivity contribution in [1.82, 2.24) is 4.72 Å². The molecule has 1 aliphatic carbocycles. The van der Waals surface area contributed by atoms with E-state index in [0.29, 0.717) is 24.0 Å². The van der Waals surface area contributed by atoms with E-state index in [1.807, 2.05) is 6.07 Å². The molecule has 1 aromatic carbocycles. The number of nitrogens with one attached hydrogen (secondary N) is 1. The Hall–Kier alpha value is -1.37. The van der Waals surface area contributed by atoms with Crippen LogP contribution in [0, 0.1) is 11.8 Å². The maximum absolute atomic E-state index is 12.5. The number of para-hydroxylation sites is 1. The number of fused-ring (bicyclic) bond motifs is 1. The summed E-state index contributed by atoms with van der Waals surface area (Å²) >= 11 is 0. The third-order valence-corrected chi connectivity index (χ3v) is 6.04. The number of nitrogens with two attached hydrogens (primary N) is 1. The Labute approximate surface area is 130 Å². The first-order chi connectivity index (χ1) is 10.6. The summed E-state index contributed by atoms with van der Waals surface area (Å²) in [6.45, 7) is 1.22. The van der Waals surface area contributed by atoms with Gasteiger partial charge in [0.2, 0.25) is 10.0 Å². The minimum Gasteiger partial charge on any atom is -0.463 e. The van der Waals surface area contributed by atoms with Gasteiger partial charge in [-0.05, 0) is 56.2 Å². The first-order valence-electron chi connectivity index (χ1n) is 7.76. The summed E-state index contributed by atoms with van der Waals surface area (Å²) in [7, 11) is -3.54. The van der Waals surface area contributed by atoms with Crippen LogP contribution in [-0.4, -0.2) is 21.5 Å². The van der Waals surface area contributed by atoms with Crippen LogP contribution in [0.2, 0.25) is 0 Å². The average molecular weight is 322 g/mol. The molecule has 1 saturated carbocycles. The largest absolute Gasteiger partial charge is 0.463 e. The number of furan rings is 1. The van der Waals surface area contributed by atoms with E-state index < -0.39 is 10.0 Å². The second-order valence-corrected chi connectivity index (χ2v) is 7.80. The van der Waals surface area contributed by atoms with Crippen LogP contribution in [0.4, 0.5) is 0 Å². The van der Waals surface area contributed by atoms with E-state index in [4.69, 9.17) is 10.2 Å². The Balaban J connectivity index is 1.68. The molecular weight excluding hydrogens is 300 g/mol. The van der Waals surface area contributed by atoms with E-state index in [1.54, 1.807) is 18.2 Å². The minimum atomic E-state index is -3.54. The summed E-state index contributed by atoms with van der Waals surface area (Å²) in [4.78, 5) is 0.214. The van der Waals surface area contributed by atoms with Crippen molar-refractivity contribution in [1.29, 1.82) is 0 Å². The molecule has 5 nitrogen and oxygen atoms in total. The molecule has 0 bridgehead atoms. The molecule has 22 heavy (non-hydrogen) atoms. The SMILES string of the molecule is NCC1CCC(CNS(=O)(=O)c2cccc3ccoc23)CC1. The molecule has 0 atom stereocenters. The predicted molar refractivity (Wildman–Crippen MR) is 85.9 cm³/mol. The molecule has 0 aliphatic heterocycles. The number of rotatable bonds is 5. The number of sulfonamides is 1. The van der Waals surface area contributed by atoms with Gasteiger partial charge in [0.1, 0.15) is 4.90 Å². The number of hydrogen-bond acceptors (Lipinski definition) is 4. The molecule has 120 valence electrons. The second-order valence-electron chi connectivity index (χ2n) is 6.07. The maximum atomic E-state index is 12.5. The fourth-order valence-corrected chi connectivity index (χ4v) is 4.43. The molecule has 1 aromatic heterocycles. The third-order valence-electron chi connectivity index (χ3n) is 4.59. The van der Waals surface area contributed by atoms with E-state index in [9.17, 15) is 8.42 Å². The molecule has 0 unspecified atom stereocenters. The predicted octanol–water partition coefficient (Wildman–Crippen LogP) is 2.48. The molecule has 0 spiro atoms. The fraction of sp³-hybridized carbons (Fsp3) is 0.500. The molecular formula is C16H22N2O3S. The van der Waals surface area contributed by atoms with Gasteiger partial charge in [-0.1, -0.05) is 12.1 Å². The lowest BCUT2D eigenvalue weighted by molar-refractivity contribution is 0.280. The summed E-state index contributed by atoms with van der Waals surface area (Å²) in [6, 6.07) is 6.92. The molecule has 1 heterocycles. The standard InChI is InChI=1S/C16H22N2O3S/c17-10-12-4-6-13(7-5-12)11-18-22(19,20)15-3-1-2-14-8-9-21-16(14)15/h1-3,8-9,12-13,18H,4-7,10-11,17H2. The highest BCUT2D eigenvalue weighted by molar-refractivity contribution is 7.89. The van der Waals surface area contributed by atoms with Gasteiger partial charge >= 0.3 is 0 Å². The van der Waals surface area contributed by atoms with Crippen molar-refractivity contribution in [2.45, 2.75) is 30.6 Å². The smallest absolute Gasteiger partial charge is 0.244 e. The maximum Gasteiger partial charge on any atom is 0.244 e. The topological polar surface area (TPSA) is 85.3 Å². The molecule has 2 aromatic rings. The van der Waals surface area contributed by atoms with Crippen LogP contribution in [0.25, 0.3) is 11.0 Å². The van der Waals surface area contributed by atoms with Crippen molar-refractivity contribution in [3.05, 3.63) is 30.5 Å². The van der Waals surface area contributed by atoms with Gasteiger partial charge < -0.3 is 10.2 Å². The van der Waals surface area contributed by atoms with Crippen molar-refractivity contribution >= 4 is 21.0 Å². The Morgan fingerprint density at radius 3 is 2.59 bits per heavy atom. The van der Waals surface area contributed by atoms with Gasteiger partial charge in [-0.25, -0.2) is 13.1 Å². The second kappa shape index (κ2) is 6.40. The van der Waals surface area contributed by atoms with Crippen LogP contribution < -0.4 is 10.5 Å². The van der Waals surface area contributed by atoms with Crippen LogP contribution in [-0.2, 0) is 10.0 Å². The first kappa shape index (κ1) is 15.5. The van der Waals surface area contributed by atoms with Crippen LogP contribution in [0.15, 0.2) is 39.8 Å². The van der Waals surface area contributed by atoms with E-state index in [1.165, 1.54) is 6.26 Å². The van der Waals surface area contributed by atoms with E-state index in [-0.39, 0.29) is 4.90 Å². The quantitative estimate of drug-likeness (QED) is 0.885. The lowest BCUT2D eigenvalue weighted by Crippen LogP contribution is -2.32. The molecule has 1 fully saturated rings. The summed E-state index contributed by atoms with van der Waals surface area (Å²) < 4.78 is 33.1. The highest BCUT2D eigenvalue weighted by Gasteiger charge is 2.24. The number of hydrogen-bond donors (Lipinski definition) is 2. The summed E-state index contributed by atoms with van der Waals surface area (Å²) in [5, 5.41) is 0.798. The van der Waals surface area contributed by atoms with Gasteiger partial charge in [-0.2, -0.15) is 0 Å². The van der Waals surface area contributed by atoms with Crippen LogP contribution in [0.1, 0.15) is 25.7 Å². The van der Waals surface area contributed by atoms with Gasteiger partial charge in [-0.15, -0.1) is 0 Å². The summed E-state index contributed by atoms with van der Waals surface area (Å²) in [5.41, 5.74) is 6.11. The number of benzene rings is 1. The lowest BCUT2D eigenvalue weighted by atomic mass is 9.82. The zero-order valence-electron chi connectivity index (χ0n) is 12.5. The van der Waals surface area contributed by atoms with Gasteiger partial charge in [0.15, 0.2) is 5.58 Å². The average Bonchev–Trinajstić information content (AvgIpc) is 3.02.